The number of hydrogen-bond donors (Lipinski definition) is 1. The predicted octanol–water partition coefficient (Wildman–Crippen LogP) is 4.27. The molecule has 1 N–H and O–H groups in total. The number of amides is 3. The average Bonchev–Trinajstić information content (AvgIpc) is 3.47. The lowest BCUT2D eigenvalue weighted by Crippen LogP contribution is -2.36. The number of anilines is 1. The number of hydrogen-bond acceptors (Lipinski definition) is 6. The predicted molar refractivity (Wildman–Crippen MR) is 128 cm³/mol. The summed E-state index contributed by atoms with van der Waals surface area (Å²) in [5.41, 5.74) is 1.21. The first-order valence-electron chi connectivity index (χ1n) is 11.4. The van der Waals surface area contributed by atoms with Gasteiger partial charge in [0.1, 0.15) is 17.2 Å². The van der Waals surface area contributed by atoms with Crippen LogP contribution in [0.15, 0.2) is 72.8 Å². The minimum atomic E-state index is -0.342. The monoisotopic (exact) mass is 472 g/mol. The van der Waals surface area contributed by atoms with Crippen molar-refractivity contribution in [1.82, 2.24) is 4.90 Å². The quantitative estimate of drug-likeness (QED) is 0.492. The first-order valence-corrected chi connectivity index (χ1v) is 11.4. The van der Waals surface area contributed by atoms with Crippen molar-refractivity contribution >= 4 is 23.4 Å². The number of benzene rings is 3. The van der Waals surface area contributed by atoms with Gasteiger partial charge in [-0.25, -0.2) is 0 Å². The van der Waals surface area contributed by atoms with Crippen molar-refractivity contribution in [3.8, 4) is 17.2 Å². The van der Waals surface area contributed by atoms with E-state index in [1.165, 1.54) is 4.90 Å². The van der Waals surface area contributed by atoms with E-state index in [2.05, 4.69) is 5.32 Å². The first-order chi connectivity index (χ1) is 17.1. The van der Waals surface area contributed by atoms with Crippen molar-refractivity contribution in [2.75, 3.05) is 25.1 Å². The van der Waals surface area contributed by atoms with Gasteiger partial charge in [0.2, 0.25) is 0 Å². The number of carbonyl (C=O) groups is 3. The Labute approximate surface area is 202 Å². The summed E-state index contributed by atoms with van der Waals surface area (Å²) in [6.45, 7) is 0.794. The SMILES string of the molecule is O=C(COc1ccccc1)Nc1cccc(Oc2ccc3c(c2)C(=O)N(CC2CCCO2)C3=O)c1. The van der Waals surface area contributed by atoms with Crippen LogP contribution in [0.5, 0.6) is 17.2 Å². The zero-order valence-electron chi connectivity index (χ0n) is 18.9. The fourth-order valence-corrected chi connectivity index (χ4v) is 4.13. The van der Waals surface area contributed by atoms with Crippen LogP contribution in [-0.2, 0) is 9.53 Å². The minimum Gasteiger partial charge on any atom is -0.484 e. The summed E-state index contributed by atoms with van der Waals surface area (Å²) in [5.74, 6) is 0.539. The van der Waals surface area contributed by atoms with Gasteiger partial charge < -0.3 is 19.5 Å². The molecule has 1 atom stereocenters. The molecule has 35 heavy (non-hydrogen) atoms. The van der Waals surface area contributed by atoms with Gasteiger partial charge in [-0.2, -0.15) is 0 Å². The zero-order valence-corrected chi connectivity index (χ0v) is 18.9. The summed E-state index contributed by atoms with van der Waals surface area (Å²) in [5, 5.41) is 2.77. The van der Waals surface area contributed by atoms with Crippen LogP contribution < -0.4 is 14.8 Å². The van der Waals surface area contributed by atoms with E-state index < -0.39 is 0 Å². The maximum atomic E-state index is 12.9. The Morgan fingerprint density at radius 2 is 1.69 bits per heavy atom. The molecule has 3 aromatic rings. The average molecular weight is 472 g/mol. The Balaban J connectivity index is 1.22. The molecular formula is C27H24N2O6. The number of imide groups is 1. The van der Waals surface area contributed by atoms with Crippen molar-refractivity contribution in [2.24, 2.45) is 0 Å². The van der Waals surface area contributed by atoms with E-state index in [4.69, 9.17) is 14.2 Å². The fraction of sp³-hybridized carbons (Fsp3) is 0.222. The Bertz CT molecular complexity index is 1250. The van der Waals surface area contributed by atoms with E-state index >= 15 is 0 Å². The maximum absolute atomic E-state index is 12.9. The molecule has 2 aliphatic rings. The summed E-state index contributed by atoms with van der Waals surface area (Å²) in [6, 6.07) is 20.8. The highest BCUT2D eigenvalue weighted by Crippen LogP contribution is 2.31. The van der Waals surface area contributed by atoms with Crippen LogP contribution in [0.2, 0.25) is 0 Å². The molecule has 5 rings (SSSR count). The second kappa shape index (κ2) is 9.99. The molecule has 8 nitrogen and oxygen atoms in total. The van der Waals surface area contributed by atoms with Gasteiger partial charge in [-0.05, 0) is 55.3 Å². The number of ether oxygens (including phenoxy) is 3. The molecule has 1 unspecified atom stereocenters. The molecule has 3 amide bonds. The summed E-state index contributed by atoms with van der Waals surface area (Å²) >= 11 is 0. The van der Waals surface area contributed by atoms with Crippen LogP contribution >= 0.6 is 0 Å². The zero-order chi connectivity index (χ0) is 24.2. The Kier molecular flexibility index (Phi) is 6.45. The first kappa shape index (κ1) is 22.6. The Hall–Kier alpha value is -4.17. The van der Waals surface area contributed by atoms with Gasteiger partial charge in [0, 0.05) is 18.4 Å². The molecule has 0 saturated carbocycles. The van der Waals surface area contributed by atoms with Gasteiger partial charge in [0.05, 0.1) is 23.8 Å². The van der Waals surface area contributed by atoms with Gasteiger partial charge in [-0.15, -0.1) is 0 Å². The molecule has 0 aromatic heterocycles. The maximum Gasteiger partial charge on any atom is 0.262 e. The van der Waals surface area contributed by atoms with E-state index in [0.29, 0.717) is 40.7 Å². The van der Waals surface area contributed by atoms with E-state index in [1.54, 1.807) is 54.6 Å². The smallest absolute Gasteiger partial charge is 0.262 e. The lowest BCUT2D eigenvalue weighted by molar-refractivity contribution is -0.118. The number of nitrogens with zero attached hydrogens (tertiary/aromatic N) is 1. The van der Waals surface area contributed by atoms with Crippen molar-refractivity contribution in [2.45, 2.75) is 18.9 Å². The minimum absolute atomic E-state index is 0.107. The second-order valence-corrected chi connectivity index (χ2v) is 8.34. The van der Waals surface area contributed by atoms with Crippen molar-refractivity contribution < 1.29 is 28.6 Å². The topological polar surface area (TPSA) is 94.2 Å². The van der Waals surface area contributed by atoms with Gasteiger partial charge in [-0.1, -0.05) is 24.3 Å². The third-order valence-corrected chi connectivity index (χ3v) is 5.82. The molecule has 0 bridgehead atoms. The highest BCUT2D eigenvalue weighted by molar-refractivity contribution is 6.21. The molecule has 2 aliphatic heterocycles. The van der Waals surface area contributed by atoms with Crippen LogP contribution in [0.3, 0.4) is 0 Å². The highest BCUT2D eigenvalue weighted by Gasteiger charge is 2.37. The third-order valence-electron chi connectivity index (χ3n) is 5.82. The Morgan fingerprint density at radius 1 is 0.914 bits per heavy atom. The summed E-state index contributed by atoms with van der Waals surface area (Å²) in [4.78, 5) is 39.1. The van der Waals surface area contributed by atoms with Crippen LogP contribution in [0.4, 0.5) is 5.69 Å². The summed E-state index contributed by atoms with van der Waals surface area (Å²) in [6.07, 6.45) is 1.67. The normalized spacial score (nSPS) is 16.8. The van der Waals surface area contributed by atoms with Crippen LogP contribution in [-0.4, -0.2) is 48.5 Å². The Morgan fingerprint density at radius 3 is 2.49 bits per heavy atom. The lowest BCUT2D eigenvalue weighted by Gasteiger charge is -2.17. The van der Waals surface area contributed by atoms with Crippen LogP contribution in [0, 0.1) is 0 Å². The summed E-state index contributed by atoms with van der Waals surface area (Å²) in [7, 11) is 0. The number of rotatable bonds is 8. The van der Waals surface area contributed by atoms with E-state index in [9.17, 15) is 14.4 Å². The standard InChI is InChI=1S/C27H24N2O6/c30-25(17-34-19-7-2-1-3-8-19)28-18-6-4-9-20(14-18)35-21-11-12-23-24(15-21)27(32)29(26(23)31)16-22-10-5-13-33-22/h1-4,6-9,11-12,14-15,22H,5,10,13,16-17H2,(H,28,30). The number of fused-ring (bicyclic) bond motifs is 1. The van der Waals surface area contributed by atoms with Crippen LogP contribution in [0.25, 0.3) is 0 Å². The number of carbonyl (C=O) groups excluding carboxylic acids is 3. The van der Waals surface area contributed by atoms with E-state index in [1.807, 2.05) is 18.2 Å². The largest absolute Gasteiger partial charge is 0.484 e. The van der Waals surface area contributed by atoms with Crippen molar-refractivity contribution in [3.63, 3.8) is 0 Å². The second-order valence-electron chi connectivity index (χ2n) is 8.34. The van der Waals surface area contributed by atoms with E-state index in [0.717, 1.165) is 12.8 Å². The van der Waals surface area contributed by atoms with Crippen molar-refractivity contribution in [1.29, 1.82) is 0 Å². The van der Waals surface area contributed by atoms with Gasteiger partial charge >= 0.3 is 0 Å². The molecule has 8 heteroatoms. The molecule has 0 radical (unpaired) electrons. The molecule has 2 heterocycles. The van der Waals surface area contributed by atoms with Crippen molar-refractivity contribution in [3.05, 3.63) is 83.9 Å². The molecular weight excluding hydrogens is 448 g/mol. The number of para-hydroxylation sites is 1. The molecule has 1 saturated heterocycles. The molecule has 3 aromatic carbocycles. The fourth-order valence-electron chi connectivity index (χ4n) is 4.13. The number of nitrogens with one attached hydrogen (secondary N) is 1. The lowest BCUT2D eigenvalue weighted by atomic mass is 10.1. The van der Waals surface area contributed by atoms with E-state index in [-0.39, 0.29) is 37.0 Å². The van der Waals surface area contributed by atoms with Crippen LogP contribution in [0.1, 0.15) is 33.6 Å². The molecule has 178 valence electrons. The third kappa shape index (κ3) is 5.17. The van der Waals surface area contributed by atoms with Gasteiger partial charge in [0.25, 0.3) is 17.7 Å². The van der Waals surface area contributed by atoms with Gasteiger partial charge in [-0.3, -0.25) is 19.3 Å². The highest BCUT2D eigenvalue weighted by atomic mass is 16.5. The summed E-state index contributed by atoms with van der Waals surface area (Å²) < 4.78 is 17.0. The van der Waals surface area contributed by atoms with Gasteiger partial charge in [0.15, 0.2) is 6.61 Å². The molecule has 1 fully saturated rings. The molecule has 0 aliphatic carbocycles. The molecule has 0 spiro atoms.